The maximum absolute atomic E-state index is 12.5. The third-order valence-electron chi connectivity index (χ3n) is 4.91. The van der Waals surface area contributed by atoms with Crippen molar-refractivity contribution in [3.8, 4) is 11.5 Å². The second kappa shape index (κ2) is 8.77. The SMILES string of the molecule is COc1ccc(C(=O)Nc2ccc(N3CCC(OC)CC3)cc2)cc1OC. The molecule has 1 fully saturated rings. The molecule has 1 saturated heterocycles. The first-order chi connectivity index (χ1) is 13.1. The molecule has 0 saturated carbocycles. The second-order valence-electron chi connectivity index (χ2n) is 6.49. The van der Waals surface area contributed by atoms with Crippen molar-refractivity contribution in [1.29, 1.82) is 0 Å². The van der Waals surface area contributed by atoms with Gasteiger partial charge in [0.05, 0.1) is 20.3 Å². The molecule has 27 heavy (non-hydrogen) atoms. The Morgan fingerprint density at radius 1 is 0.963 bits per heavy atom. The van der Waals surface area contributed by atoms with Crippen molar-refractivity contribution in [2.24, 2.45) is 0 Å². The van der Waals surface area contributed by atoms with Gasteiger partial charge < -0.3 is 24.4 Å². The predicted octanol–water partition coefficient (Wildman–Crippen LogP) is 3.57. The summed E-state index contributed by atoms with van der Waals surface area (Å²) in [6.45, 7) is 1.96. The number of piperidine rings is 1. The Morgan fingerprint density at radius 2 is 1.63 bits per heavy atom. The second-order valence-corrected chi connectivity index (χ2v) is 6.49. The van der Waals surface area contributed by atoms with Crippen molar-refractivity contribution in [2.45, 2.75) is 18.9 Å². The Hall–Kier alpha value is -2.73. The standard InChI is InChI=1S/C21H26N2O4/c1-25-18-10-12-23(13-11-18)17-7-5-16(6-8-17)22-21(24)15-4-9-19(26-2)20(14-15)27-3/h4-9,14,18H,10-13H2,1-3H3,(H,22,24). The van der Waals surface area contributed by atoms with Gasteiger partial charge in [0.25, 0.3) is 5.91 Å². The largest absolute Gasteiger partial charge is 0.493 e. The molecule has 0 unspecified atom stereocenters. The molecule has 1 amide bonds. The molecule has 0 radical (unpaired) electrons. The van der Waals surface area contributed by atoms with Crippen LogP contribution in [0.15, 0.2) is 42.5 Å². The van der Waals surface area contributed by atoms with Crippen LogP contribution in [0.3, 0.4) is 0 Å². The van der Waals surface area contributed by atoms with E-state index < -0.39 is 0 Å². The quantitative estimate of drug-likeness (QED) is 0.842. The number of carbonyl (C=O) groups is 1. The summed E-state index contributed by atoms with van der Waals surface area (Å²) in [5.74, 6) is 0.931. The molecule has 1 aliphatic rings. The van der Waals surface area contributed by atoms with Crippen LogP contribution >= 0.6 is 0 Å². The lowest BCUT2D eigenvalue weighted by Gasteiger charge is -2.33. The highest BCUT2D eigenvalue weighted by Gasteiger charge is 2.19. The lowest BCUT2D eigenvalue weighted by Crippen LogP contribution is -2.36. The number of methoxy groups -OCH3 is 3. The van der Waals surface area contributed by atoms with Crippen LogP contribution in [0.2, 0.25) is 0 Å². The molecule has 6 heteroatoms. The highest BCUT2D eigenvalue weighted by molar-refractivity contribution is 6.04. The molecule has 0 aliphatic carbocycles. The van der Waals surface area contributed by atoms with Crippen molar-refractivity contribution in [3.05, 3.63) is 48.0 Å². The fourth-order valence-electron chi connectivity index (χ4n) is 3.29. The molecule has 2 aromatic carbocycles. The van der Waals surface area contributed by atoms with Crippen LogP contribution in [0.4, 0.5) is 11.4 Å². The van der Waals surface area contributed by atoms with Crippen LogP contribution in [0.25, 0.3) is 0 Å². The lowest BCUT2D eigenvalue weighted by atomic mass is 10.1. The van der Waals surface area contributed by atoms with Crippen LogP contribution in [0.1, 0.15) is 23.2 Å². The van der Waals surface area contributed by atoms with E-state index in [2.05, 4.69) is 10.2 Å². The Balaban J connectivity index is 1.63. The molecule has 2 aromatic rings. The van der Waals surface area contributed by atoms with Gasteiger partial charge in [-0.2, -0.15) is 0 Å². The molecule has 1 N–H and O–H groups in total. The van der Waals surface area contributed by atoms with E-state index in [1.165, 1.54) is 0 Å². The Labute approximate surface area is 160 Å². The van der Waals surface area contributed by atoms with Gasteiger partial charge in [-0.25, -0.2) is 0 Å². The van der Waals surface area contributed by atoms with Crippen molar-refractivity contribution in [2.75, 3.05) is 44.6 Å². The highest BCUT2D eigenvalue weighted by atomic mass is 16.5. The van der Waals surface area contributed by atoms with Crippen LogP contribution < -0.4 is 19.7 Å². The van der Waals surface area contributed by atoms with Crippen molar-refractivity contribution in [1.82, 2.24) is 0 Å². The van der Waals surface area contributed by atoms with Gasteiger partial charge in [0.15, 0.2) is 11.5 Å². The number of hydrogen-bond donors (Lipinski definition) is 1. The molecular formula is C21H26N2O4. The molecule has 3 rings (SSSR count). The van der Waals surface area contributed by atoms with Gasteiger partial charge in [-0.05, 0) is 55.3 Å². The van der Waals surface area contributed by atoms with E-state index in [-0.39, 0.29) is 5.91 Å². The minimum atomic E-state index is -0.190. The zero-order valence-corrected chi connectivity index (χ0v) is 16.0. The third-order valence-corrected chi connectivity index (χ3v) is 4.91. The highest BCUT2D eigenvalue weighted by Crippen LogP contribution is 2.28. The maximum atomic E-state index is 12.5. The number of carbonyl (C=O) groups excluding carboxylic acids is 1. The lowest BCUT2D eigenvalue weighted by molar-refractivity contribution is 0.0819. The van der Waals surface area contributed by atoms with E-state index in [4.69, 9.17) is 14.2 Å². The van der Waals surface area contributed by atoms with E-state index in [1.54, 1.807) is 39.5 Å². The summed E-state index contributed by atoms with van der Waals surface area (Å²) in [5, 5.41) is 2.92. The zero-order chi connectivity index (χ0) is 19.2. The Kier molecular flexibility index (Phi) is 6.19. The molecule has 0 aromatic heterocycles. The normalized spacial score (nSPS) is 14.7. The first kappa shape index (κ1) is 19.0. The molecule has 0 atom stereocenters. The van der Waals surface area contributed by atoms with Crippen molar-refractivity contribution < 1.29 is 19.0 Å². The minimum absolute atomic E-state index is 0.190. The summed E-state index contributed by atoms with van der Waals surface area (Å²) in [6, 6.07) is 13.0. The number of anilines is 2. The fraction of sp³-hybridized carbons (Fsp3) is 0.381. The molecule has 1 aliphatic heterocycles. The van der Waals surface area contributed by atoms with Gasteiger partial charge in [-0.3, -0.25) is 4.79 Å². The number of nitrogens with one attached hydrogen (secondary N) is 1. The number of benzene rings is 2. The molecule has 0 bridgehead atoms. The van der Waals surface area contributed by atoms with Gasteiger partial charge in [0, 0.05) is 37.1 Å². The number of rotatable bonds is 6. The smallest absolute Gasteiger partial charge is 0.255 e. The van der Waals surface area contributed by atoms with E-state index in [1.807, 2.05) is 24.3 Å². The Morgan fingerprint density at radius 3 is 2.22 bits per heavy atom. The average molecular weight is 370 g/mol. The summed E-state index contributed by atoms with van der Waals surface area (Å²) < 4.78 is 15.9. The third kappa shape index (κ3) is 4.52. The van der Waals surface area contributed by atoms with Crippen LogP contribution in [-0.2, 0) is 4.74 Å². The van der Waals surface area contributed by atoms with E-state index in [0.29, 0.717) is 23.2 Å². The predicted molar refractivity (Wildman–Crippen MR) is 106 cm³/mol. The first-order valence-corrected chi connectivity index (χ1v) is 9.05. The van der Waals surface area contributed by atoms with Gasteiger partial charge in [0.2, 0.25) is 0 Å². The average Bonchev–Trinajstić information content (AvgIpc) is 2.73. The molecule has 144 valence electrons. The maximum Gasteiger partial charge on any atom is 0.255 e. The summed E-state index contributed by atoms with van der Waals surface area (Å²) in [6.07, 6.45) is 2.43. The molecule has 1 heterocycles. The molecule has 6 nitrogen and oxygen atoms in total. The molecule has 0 spiro atoms. The van der Waals surface area contributed by atoms with Gasteiger partial charge in [-0.15, -0.1) is 0 Å². The van der Waals surface area contributed by atoms with Gasteiger partial charge >= 0.3 is 0 Å². The number of ether oxygens (including phenoxy) is 3. The van der Waals surface area contributed by atoms with E-state index in [0.717, 1.165) is 37.3 Å². The summed E-state index contributed by atoms with van der Waals surface area (Å²) in [7, 11) is 4.89. The Bertz CT molecular complexity index is 768. The number of hydrogen-bond acceptors (Lipinski definition) is 5. The molecular weight excluding hydrogens is 344 g/mol. The monoisotopic (exact) mass is 370 g/mol. The van der Waals surface area contributed by atoms with Gasteiger partial charge in [-0.1, -0.05) is 0 Å². The van der Waals surface area contributed by atoms with Crippen molar-refractivity contribution >= 4 is 17.3 Å². The fourth-order valence-corrected chi connectivity index (χ4v) is 3.29. The zero-order valence-electron chi connectivity index (χ0n) is 16.0. The van der Waals surface area contributed by atoms with E-state index in [9.17, 15) is 4.79 Å². The summed E-state index contributed by atoms with van der Waals surface area (Å²) >= 11 is 0. The van der Waals surface area contributed by atoms with Crippen LogP contribution in [-0.4, -0.2) is 46.4 Å². The van der Waals surface area contributed by atoms with Crippen LogP contribution in [0.5, 0.6) is 11.5 Å². The summed E-state index contributed by atoms with van der Waals surface area (Å²) in [4.78, 5) is 14.8. The van der Waals surface area contributed by atoms with E-state index >= 15 is 0 Å². The first-order valence-electron chi connectivity index (χ1n) is 9.05. The summed E-state index contributed by atoms with van der Waals surface area (Å²) in [5.41, 5.74) is 2.43. The van der Waals surface area contributed by atoms with Crippen LogP contribution in [0, 0.1) is 0 Å². The minimum Gasteiger partial charge on any atom is -0.493 e. The topological polar surface area (TPSA) is 60.0 Å². The van der Waals surface area contributed by atoms with Crippen molar-refractivity contribution in [3.63, 3.8) is 0 Å². The number of nitrogens with zero attached hydrogens (tertiary/aromatic N) is 1. The van der Waals surface area contributed by atoms with Gasteiger partial charge in [0.1, 0.15) is 0 Å². The number of amides is 1.